The predicted octanol–water partition coefficient (Wildman–Crippen LogP) is 0.194. The normalized spacial score (nSPS) is 16.4. The molecule has 0 radical (unpaired) electrons. The molecule has 0 spiro atoms. The van der Waals surface area contributed by atoms with Gasteiger partial charge < -0.3 is 0 Å². The van der Waals surface area contributed by atoms with E-state index in [-0.39, 0.29) is 23.7 Å². The molecule has 1 N–H and O–H groups in total. The molecule has 1 heterocycles. The molecule has 16 heavy (non-hydrogen) atoms. The molecule has 0 aromatic heterocycles. The zero-order valence-corrected chi connectivity index (χ0v) is 9.96. The van der Waals surface area contributed by atoms with Crippen LogP contribution in [0, 0.1) is 0 Å². The van der Waals surface area contributed by atoms with Crippen molar-refractivity contribution in [2.24, 2.45) is 0 Å². The molecule has 0 saturated carbocycles. The van der Waals surface area contributed by atoms with E-state index in [0.29, 0.717) is 11.1 Å². The molecule has 0 aliphatic carbocycles. The van der Waals surface area contributed by atoms with Gasteiger partial charge in [-0.2, -0.15) is 0 Å². The van der Waals surface area contributed by atoms with Crippen molar-refractivity contribution in [2.75, 3.05) is 6.54 Å². The first-order valence-corrected chi connectivity index (χ1v) is 7.31. The summed E-state index contributed by atoms with van der Waals surface area (Å²) in [6.07, 6.45) is 0. The number of rotatable bonds is 3. The number of amides is 2. The zero-order valence-electron chi connectivity index (χ0n) is 8.25. The molecule has 1 aliphatic rings. The molecule has 2 rings (SSSR count). The molecular weight excluding hydrogens is 277 g/mol. The summed E-state index contributed by atoms with van der Waals surface area (Å²) in [5, 5.41) is -0.0224. The Labute approximate surface area is 96.1 Å². The molecule has 0 fully saturated rings. The number of carbonyl (C=O) groups is 2. The van der Waals surface area contributed by atoms with Crippen molar-refractivity contribution >= 4 is 26.0 Å². The van der Waals surface area contributed by atoms with Gasteiger partial charge >= 0.3 is 95.7 Å². The van der Waals surface area contributed by atoms with Crippen LogP contribution in [-0.2, 0) is 3.83 Å². The van der Waals surface area contributed by atoms with Crippen LogP contribution >= 0.6 is 0 Å². The Morgan fingerprint density at radius 2 is 1.62 bits per heavy atom. The van der Waals surface area contributed by atoms with E-state index >= 15 is 0 Å². The Kier molecular flexibility index (Phi) is 2.96. The Hall–Kier alpha value is -1.36. The zero-order chi connectivity index (χ0) is 11.7. The van der Waals surface area contributed by atoms with Gasteiger partial charge in [0.1, 0.15) is 0 Å². The van der Waals surface area contributed by atoms with Crippen LogP contribution < -0.4 is 0 Å². The van der Waals surface area contributed by atoms with Crippen LogP contribution in [0.1, 0.15) is 20.7 Å². The van der Waals surface area contributed by atoms with Crippen LogP contribution in [0.3, 0.4) is 0 Å². The number of nitrogens with zero attached hydrogens (tertiary/aromatic N) is 1. The fraction of sp³-hybridized carbons (Fsp3) is 0.200. The molecule has 5 nitrogen and oxygen atoms in total. The third-order valence-corrected chi connectivity index (χ3v) is 3.48. The van der Waals surface area contributed by atoms with Crippen molar-refractivity contribution in [2.45, 2.75) is 5.32 Å². The monoisotopic (exact) mass is 287 g/mol. The van der Waals surface area contributed by atoms with Crippen LogP contribution in [0.15, 0.2) is 24.3 Å². The van der Waals surface area contributed by atoms with Gasteiger partial charge in [0.2, 0.25) is 0 Å². The summed E-state index contributed by atoms with van der Waals surface area (Å²) < 4.78 is 19.3. The van der Waals surface area contributed by atoms with E-state index in [1.54, 1.807) is 24.3 Å². The molecule has 1 aromatic carbocycles. The summed E-state index contributed by atoms with van der Waals surface area (Å²) in [4.78, 5) is 24.5. The topological polar surface area (TPSA) is 74.7 Å². The van der Waals surface area contributed by atoms with E-state index in [2.05, 4.69) is 0 Å². The summed E-state index contributed by atoms with van der Waals surface area (Å²) in [6.45, 7) is 0.0109. The summed E-state index contributed by atoms with van der Waals surface area (Å²) >= 11 is -2.85. The van der Waals surface area contributed by atoms with Gasteiger partial charge in [-0.05, 0) is 0 Å². The standard InChI is InChI=1S/C10H9NO4Se/c12-9-7-3-1-2-4-8(7)10(13)11(9)5-6-16(14)15/h1-4H,5-6H2,(H,14,15). The molecule has 0 saturated heterocycles. The first-order valence-electron chi connectivity index (χ1n) is 4.64. The molecule has 1 atom stereocenters. The minimum absolute atomic E-state index is 0.0109. The van der Waals surface area contributed by atoms with Crippen molar-refractivity contribution in [3.05, 3.63) is 35.4 Å². The minimum atomic E-state index is -2.85. The Morgan fingerprint density at radius 3 is 2.06 bits per heavy atom. The number of imide groups is 1. The summed E-state index contributed by atoms with van der Waals surface area (Å²) in [7, 11) is 0. The van der Waals surface area contributed by atoms with Gasteiger partial charge in [0.05, 0.1) is 0 Å². The molecule has 84 valence electrons. The van der Waals surface area contributed by atoms with Crippen LogP contribution in [-0.4, -0.2) is 41.6 Å². The molecule has 1 aliphatic heterocycles. The first-order chi connectivity index (χ1) is 7.61. The van der Waals surface area contributed by atoms with E-state index in [4.69, 9.17) is 4.19 Å². The SMILES string of the molecule is O=C1c2ccccc2C(=O)N1CC[Se](=O)O. The maximum absolute atomic E-state index is 11.8. The quantitative estimate of drug-likeness (QED) is 0.636. The van der Waals surface area contributed by atoms with Crippen LogP contribution in [0.2, 0.25) is 5.32 Å². The fourth-order valence-electron chi connectivity index (χ4n) is 1.61. The number of hydrogen-bond donors (Lipinski definition) is 1. The average molecular weight is 286 g/mol. The first kappa shape index (κ1) is 11.1. The maximum atomic E-state index is 11.8. The predicted molar refractivity (Wildman–Crippen MR) is 55.3 cm³/mol. The van der Waals surface area contributed by atoms with Gasteiger partial charge in [-0.3, -0.25) is 0 Å². The third kappa shape index (κ3) is 1.82. The van der Waals surface area contributed by atoms with Gasteiger partial charge in [0.15, 0.2) is 0 Å². The number of hydrogen-bond acceptors (Lipinski definition) is 3. The summed E-state index contributed by atoms with van der Waals surface area (Å²) in [5.41, 5.74) is 0.737. The molecular formula is C10H9NO4Se. The van der Waals surface area contributed by atoms with Crippen molar-refractivity contribution in [1.29, 1.82) is 0 Å². The van der Waals surface area contributed by atoms with E-state index in [1.807, 2.05) is 0 Å². The van der Waals surface area contributed by atoms with Crippen LogP contribution in [0.4, 0.5) is 0 Å². The van der Waals surface area contributed by atoms with Gasteiger partial charge in [0, 0.05) is 0 Å². The van der Waals surface area contributed by atoms with Crippen molar-refractivity contribution in [3.63, 3.8) is 0 Å². The van der Waals surface area contributed by atoms with Gasteiger partial charge in [0.25, 0.3) is 0 Å². The van der Waals surface area contributed by atoms with Crippen molar-refractivity contribution in [1.82, 2.24) is 4.90 Å². The molecule has 6 heteroatoms. The number of fused-ring (bicyclic) bond motifs is 1. The molecule has 1 unspecified atom stereocenters. The molecule has 2 amide bonds. The number of benzene rings is 1. The molecule has 0 bridgehead atoms. The summed E-state index contributed by atoms with van der Waals surface area (Å²) in [5.74, 6) is -0.763. The molecule has 1 aromatic rings. The van der Waals surface area contributed by atoms with E-state index < -0.39 is 14.2 Å². The van der Waals surface area contributed by atoms with E-state index in [0.717, 1.165) is 4.90 Å². The second-order valence-electron chi connectivity index (χ2n) is 3.33. The van der Waals surface area contributed by atoms with E-state index in [9.17, 15) is 13.4 Å². The van der Waals surface area contributed by atoms with Gasteiger partial charge in [-0.15, -0.1) is 0 Å². The van der Waals surface area contributed by atoms with Crippen LogP contribution in [0.5, 0.6) is 0 Å². The van der Waals surface area contributed by atoms with Crippen molar-refractivity contribution < 1.29 is 17.6 Å². The van der Waals surface area contributed by atoms with Crippen LogP contribution in [0.25, 0.3) is 0 Å². The average Bonchev–Trinajstić information content (AvgIpc) is 2.50. The second-order valence-corrected chi connectivity index (χ2v) is 5.54. The number of carbonyl (C=O) groups excluding carboxylic acids is 2. The van der Waals surface area contributed by atoms with Gasteiger partial charge in [-0.25, -0.2) is 0 Å². The summed E-state index contributed by atoms with van der Waals surface area (Å²) in [6, 6.07) is 6.53. The Balaban J connectivity index is 2.25. The van der Waals surface area contributed by atoms with Gasteiger partial charge in [-0.1, -0.05) is 0 Å². The Morgan fingerprint density at radius 1 is 1.12 bits per heavy atom. The van der Waals surface area contributed by atoms with Crippen molar-refractivity contribution in [3.8, 4) is 0 Å². The fourth-order valence-corrected chi connectivity index (χ4v) is 2.32. The second kappa shape index (κ2) is 4.25. The van der Waals surface area contributed by atoms with E-state index in [1.165, 1.54) is 0 Å². The third-order valence-electron chi connectivity index (χ3n) is 2.37. The Bertz CT molecular complexity index is 450.